The van der Waals surface area contributed by atoms with Gasteiger partial charge in [0.2, 0.25) is 0 Å². The van der Waals surface area contributed by atoms with Gasteiger partial charge in [0.25, 0.3) is 0 Å². The second-order valence-corrected chi connectivity index (χ2v) is 6.07. The third kappa shape index (κ3) is 4.73. The van der Waals surface area contributed by atoms with Crippen LogP contribution in [0.5, 0.6) is 0 Å². The summed E-state index contributed by atoms with van der Waals surface area (Å²) in [6.45, 7) is 4.20. The van der Waals surface area contributed by atoms with Crippen molar-refractivity contribution in [3.05, 3.63) is 65.2 Å². The van der Waals surface area contributed by atoms with Crippen LogP contribution in [0.1, 0.15) is 16.7 Å². The first kappa shape index (κ1) is 14.2. The molecule has 2 rings (SSSR count). The van der Waals surface area contributed by atoms with Crippen LogP contribution in [-0.2, 0) is 6.42 Å². The van der Waals surface area contributed by atoms with Crippen molar-refractivity contribution in [2.24, 2.45) is 0 Å². The molecule has 1 unspecified atom stereocenters. The molecule has 0 saturated carbocycles. The number of benzene rings is 2. The van der Waals surface area contributed by atoms with Crippen molar-refractivity contribution in [2.75, 3.05) is 5.75 Å². The summed E-state index contributed by atoms with van der Waals surface area (Å²) in [4.78, 5) is 1.21. The largest absolute Gasteiger partial charge is 0.392 e. The lowest BCUT2D eigenvalue weighted by atomic mass is 10.0. The Bertz CT molecular complexity index is 502. The number of thioether (sulfide) groups is 1. The Morgan fingerprint density at radius 2 is 1.63 bits per heavy atom. The fourth-order valence-corrected chi connectivity index (χ4v) is 3.08. The molecule has 0 aliphatic carbocycles. The molecule has 2 aromatic rings. The zero-order valence-electron chi connectivity index (χ0n) is 11.5. The lowest BCUT2D eigenvalue weighted by molar-refractivity contribution is 0.200. The van der Waals surface area contributed by atoms with Gasteiger partial charge in [0.05, 0.1) is 6.10 Å². The van der Waals surface area contributed by atoms with E-state index in [0.717, 1.165) is 12.2 Å². The van der Waals surface area contributed by atoms with Gasteiger partial charge < -0.3 is 5.11 Å². The van der Waals surface area contributed by atoms with Crippen molar-refractivity contribution in [3.8, 4) is 0 Å². The molecule has 2 heteroatoms. The predicted molar refractivity (Wildman–Crippen MR) is 82.8 cm³/mol. The summed E-state index contributed by atoms with van der Waals surface area (Å²) in [6, 6.07) is 16.7. The van der Waals surface area contributed by atoms with E-state index in [1.165, 1.54) is 21.6 Å². The van der Waals surface area contributed by atoms with Gasteiger partial charge >= 0.3 is 0 Å². The van der Waals surface area contributed by atoms with Gasteiger partial charge in [-0.2, -0.15) is 0 Å². The van der Waals surface area contributed by atoms with E-state index in [2.05, 4.69) is 44.2 Å². The van der Waals surface area contributed by atoms with Crippen LogP contribution in [0.25, 0.3) is 0 Å². The molecule has 2 aromatic carbocycles. The maximum Gasteiger partial charge on any atom is 0.0674 e. The molecule has 0 bridgehead atoms. The smallest absolute Gasteiger partial charge is 0.0674 e. The van der Waals surface area contributed by atoms with Crippen molar-refractivity contribution in [3.63, 3.8) is 0 Å². The third-order valence-electron chi connectivity index (χ3n) is 2.94. The first-order valence-corrected chi connectivity index (χ1v) is 7.55. The van der Waals surface area contributed by atoms with E-state index in [1.54, 1.807) is 11.8 Å². The third-order valence-corrected chi connectivity index (χ3v) is 4.10. The molecule has 1 N–H and O–H groups in total. The summed E-state index contributed by atoms with van der Waals surface area (Å²) in [7, 11) is 0. The first-order chi connectivity index (χ1) is 9.13. The summed E-state index contributed by atoms with van der Waals surface area (Å²) >= 11 is 1.71. The van der Waals surface area contributed by atoms with E-state index in [0.29, 0.717) is 0 Å². The molecule has 0 aromatic heterocycles. The van der Waals surface area contributed by atoms with E-state index >= 15 is 0 Å². The Balaban J connectivity index is 1.89. The van der Waals surface area contributed by atoms with E-state index in [9.17, 15) is 5.11 Å². The summed E-state index contributed by atoms with van der Waals surface area (Å²) in [5.41, 5.74) is 3.74. The first-order valence-electron chi connectivity index (χ1n) is 6.56. The number of hydrogen-bond acceptors (Lipinski definition) is 2. The highest BCUT2D eigenvalue weighted by molar-refractivity contribution is 7.99. The second kappa shape index (κ2) is 6.78. The molecule has 0 aliphatic heterocycles. The van der Waals surface area contributed by atoms with Crippen LogP contribution in [0, 0.1) is 13.8 Å². The van der Waals surface area contributed by atoms with Gasteiger partial charge in [-0.1, -0.05) is 47.5 Å². The van der Waals surface area contributed by atoms with Gasteiger partial charge in [-0.15, -0.1) is 11.8 Å². The van der Waals surface area contributed by atoms with Crippen LogP contribution < -0.4 is 0 Å². The van der Waals surface area contributed by atoms with E-state index in [-0.39, 0.29) is 6.10 Å². The molecule has 100 valence electrons. The molecule has 0 heterocycles. The quantitative estimate of drug-likeness (QED) is 0.830. The Morgan fingerprint density at radius 1 is 1.00 bits per heavy atom. The molecule has 0 saturated heterocycles. The van der Waals surface area contributed by atoms with Crippen LogP contribution in [-0.4, -0.2) is 17.0 Å². The van der Waals surface area contributed by atoms with E-state index in [1.807, 2.05) is 18.2 Å². The Labute approximate surface area is 119 Å². The second-order valence-electron chi connectivity index (χ2n) is 4.98. The lowest BCUT2D eigenvalue weighted by Crippen LogP contribution is -2.13. The van der Waals surface area contributed by atoms with E-state index < -0.39 is 0 Å². The van der Waals surface area contributed by atoms with Crippen LogP contribution in [0.4, 0.5) is 0 Å². The zero-order chi connectivity index (χ0) is 13.7. The van der Waals surface area contributed by atoms with Crippen molar-refractivity contribution >= 4 is 11.8 Å². The number of aryl methyl sites for hydroxylation is 2. The molecular weight excluding hydrogens is 252 g/mol. The minimum Gasteiger partial charge on any atom is -0.392 e. The Morgan fingerprint density at radius 3 is 2.26 bits per heavy atom. The van der Waals surface area contributed by atoms with Gasteiger partial charge in [-0.3, -0.25) is 0 Å². The van der Waals surface area contributed by atoms with Crippen molar-refractivity contribution in [1.29, 1.82) is 0 Å². The Hall–Kier alpha value is -1.25. The monoisotopic (exact) mass is 272 g/mol. The topological polar surface area (TPSA) is 20.2 Å². The highest BCUT2D eigenvalue weighted by Gasteiger charge is 2.07. The van der Waals surface area contributed by atoms with Crippen molar-refractivity contribution < 1.29 is 5.11 Å². The SMILES string of the molecule is Cc1cc(C)cc(CC(O)CSc2ccccc2)c1. The molecule has 0 radical (unpaired) electrons. The van der Waals surface area contributed by atoms with Crippen molar-refractivity contribution in [1.82, 2.24) is 0 Å². The minimum absolute atomic E-state index is 0.300. The van der Waals surface area contributed by atoms with Gasteiger partial charge in [0, 0.05) is 10.6 Å². The standard InChI is InChI=1S/C17H20OS/c1-13-8-14(2)10-15(9-13)11-16(18)12-19-17-6-4-3-5-7-17/h3-10,16,18H,11-12H2,1-2H3. The fourth-order valence-electron chi connectivity index (χ4n) is 2.23. The summed E-state index contributed by atoms with van der Waals surface area (Å²) in [5.74, 6) is 0.733. The number of aliphatic hydroxyl groups excluding tert-OH is 1. The minimum atomic E-state index is -0.300. The molecular formula is C17H20OS. The van der Waals surface area contributed by atoms with Gasteiger partial charge in [0.1, 0.15) is 0 Å². The van der Waals surface area contributed by atoms with Gasteiger partial charge in [-0.25, -0.2) is 0 Å². The van der Waals surface area contributed by atoms with Gasteiger partial charge in [-0.05, 0) is 38.0 Å². The lowest BCUT2D eigenvalue weighted by Gasteiger charge is -2.11. The molecule has 0 spiro atoms. The van der Waals surface area contributed by atoms with Gasteiger partial charge in [0.15, 0.2) is 0 Å². The summed E-state index contributed by atoms with van der Waals surface area (Å²) < 4.78 is 0. The highest BCUT2D eigenvalue weighted by Crippen LogP contribution is 2.19. The number of aliphatic hydroxyl groups is 1. The molecule has 0 aliphatic rings. The van der Waals surface area contributed by atoms with E-state index in [4.69, 9.17) is 0 Å². The molecule has 1 nitrogen and oxygen atoms in total. The average molecular weight is 272 g/mol. The maximum atomic E-state index is 10.1. The van der Waals surface area contributed by atoms with Crippen molar-refractivity contribution in [2.45, 2.75) is 31.3 Å². The maximum absolute atomic E-state index is 10.1. The number of rotatable bonds is 5. The summed E-state index contributed by atoms with van der Waals surface area (Å²) in [5, 5.41) is 10.1. The highest BCUT2D eigenvalue weighted by atomic mass is 32.2. The van der Waals surface area contributed by atoms with Crippen LogP contribution in [0.2, 0.25) is 0 Å². The molecule has 1 atom stereocenters. The predicted octanol–water partition coefficient (Wildman–Crippen LogP) is 4.00. The Kier molecular flexibility index (Phi) is 5.06. The van der Waals surface area contributed by atoms with Crippen LogP contribution >= 0.6 is 11.8 Å². The normalized spacial score (nSPS) is 12.4. The molecule has 0 fully saturated rings. The van der Waals surface area contributed by atoms with Crippen LogP contribution in [0.15, 0.2) is 53.4 Å². The molecule has 19 heavy (non-hydrogen) atoms. The summed E-state index contributed by atoms with van der Waals surface area (Å²) in [6.07, 6.45) is 0.425. The number of hydrogen-bond donors (Lipinski definition) is 1. The average Bonchev–Trinajstić information content (AvgIpc) is 2.36. The fraction of sp³-hybridized carbons (Fsp3) is 0.294. The van der Waals surface area contributed by atoms with Crippen LogP contribution in [0.3, 0.4) is 0 Å². The zero-order valence-corrected chi connectivity index (χ0v) is 12.3. The molecule has 0 amide bonds.